The third kappa shape index (κ3) is 4.79. The summed E-state index contributed by atoms with van der Waals surface area (Å²) in [5.74, 6) is 0.0729. The minimum Gasteiger partial charge on any atom is -0.464 e. The molecular weight excluding hydrogens is 210 g/mol. The zero-order chi connectivity index (χ0) is 11.8. The SMILES string of the molecule is CCOCCCOC(=O)Cn1ccc(N)n1. The predicted molar refractivity (Wildman–Crippen MR) is 58.7 cm³/mol. The van der Waals surface area contributed by atoms with Gasteiger partial charge in [-0.15, -0.1) is 0 Å². The Morgan fingerprint density at radius 1 is 1.56 bits per heavy atom. The lowest BCUT2D eigenvalue weighted by Crippen LogP contribution is -2.15. The highest BCUT2D eigenvalue weighted by atomic mass is 16.5. The van der Waals surface area contributed by atoms with Crippen LogP contribution in [0.4, 0.5) is 5.82 Å². The van der Waals surface area contributed by atoms with Gasteiger partial charge in [-0.05, 0) is 13.0 Å². The molecule has 1 aromatic rings. The lowest BCUT2D eigenvalue weighted by atomic mass is 10.5. The summed E-state index contributed by atoms with van der Waals surface area (Å²) in [6, 6.07) is 1.63. The van der Waals surface area contributed by atoms with Crippen molar-refractivity contribution >= 4 is 11.8 Å². The Morgan fingerprint density at radius 2 is 2.38 bits per heavy atom. The second-order valence-electron chi connectivity index (χ2n) is 3.21. The van der Waals surface area contributed by atoms with Crippen LogP contribution >= 0.6 is 0 Å². The monoisotopic (exact) mass is 227 g/mol. The first-order chi connectivity index (χ1) is 7.72. The van der Waals surface area contributed by atoms with Gasteiger partial charge in [0.1, 0.15) is 12.4 Å². The van der Waals surface area contributed by atoms with Gasteiger partial charge in [-0.2, -0.15) is 5.10 Å². The molecule has 0 amide bonds. The van der Waals surface area contributed by atoms with Gasteiger partial charge in [0.2, 0.25) is 0 Å². The number of nitrogens with two attached hydrogens (primary N) is 1. The van der Waals surface area contributed by atoms with Crippen molar-refractivity contribution in [3.8, 4) is 0 Å². The Bertz CT molecular complexity index is 325. The van der Waals surface area contributed by atoms with Gasteiger partial charge in [0, 0.05) is 25.8 Å². The standard InChI is InChI=1S/C10H17N3O3/c1-2-15-6-3-7-16-10(14)8-13-5-4-9(11)12-13/h4-5H,2-3,6-8H2,1H3,(H2,11,12). The van der Waals surface area contributed by atoms with Gasteiger partial charge in [-0.1, -0.05) is 0 Å². The van der Waals surface area contributed by atoms with Gasteiger partial charge in [0.15, 0.2) is 0 Å². The minimum absolute atomic E-state index is 0.0891. The molecule has 1 rings (SSSR count). The Labute approximate surface area is 94.3 Å². The Kier molecular flexibility index (Phi) is 5.35. The van der Waals surface area contributed by atoms with E-state index in [1.165, 1.54) is 4.68 Å². The van der Waals surface area contributed by atoms with Crippen LogP contribution in [0.15, 0.2) is 12.3 Å². The van der Waals surface area contributed by atoms with Crippen LogP contribution in [0.2, 0.25) is 0 Å². The number of carbonyl (C=O) groups is 1. The predicted octanol–water partition coefficient (Wildman–Crippen LogP) is 0.435. The second-order valence-corrected chi connectivity index (χ2v) is 3.21. The molecule has 0 aliphatic carbocycles. The van der Waals surface area contributed by atoms with Crippen LogP contribution in [0.1, 0.15) is 13.3 Å². The molecule has 0 atom stereocenters. The molecule has 6 heteroatoms. The first-order valence-corrected chi connectivity index (χ1v) is 5.24. The number of anilines is 1. The van der Waals surface area contributed by atoms with Gasteiger partial charge in [-0.3, -0.25) is 9.48 Å². The highest BCUT2D eigenvalue weighted by molar-refractivity contribution is 5.69. The maximum Gasteiger partial charge on any atom is 0.327 e. The van der Waals surface area contributed by atoms with E-state index >= 15 is 0 Å². The van der Waals surface area contributed by atoms with Crippen LogP contribution in [0.25, 0.3) is 0 Å². The molecule has 0 unspecified atom stereocenters. The molecule has 0 saturated heterocycles. The summed E-state index contributed by atoms with van der Waals surface area (Å²) in [6.45, 7) is 3.68. The summed E-state index contributed by atoms with van der Waals surface area (Å²) in [6.07, 6.45) is 2.34. The third-order valence-corrected chi connectivity index (χ3v) is 1.85. The van der Waals surface area contributed by atoms with Gasteiger partial charge in [-0.25, -0.2) is 0 Å². The van der Waals surface area contributed by atoms with Crippen molar-refractivity contribution in [3.63, 3.8) is 0 Å². The molecule has 0 aliphatic heterocycles. The maximum absolute atomic E-state index is 11.3. The van der Waals surface area contributed by atoms with Crippen LogP contribution < -0.4 is 5.73 Å². The molecule has 2 N–H and O–H groups in total. The molecule has 0 aliphatic rings. The number of ether oxygens (including phenoxy) is 2. The average Bonchev–Trinajstić information content (AvgIpc) is 2.63. The lowest BCUT2D eigenvalue weighted by Gasteiger charge is -2.04. The molecule has 0 radical (unpaired) electrons. The summed E-state index contributed by atoms with van der Waals surface area (Å²) >= 11 is 0. The first kappa shape index (κ1) is 12.5. The smallest absolute Gasteiger partial charge is 0.327 e. The van der Waals surface area contributed by atoms with E-state index in [0.717, 1.165) is 0 Å². The number of carbonyl (C=O) groups excluding carboxylic acids is 1. The van der Waals surface area contributed by atoms with Crippen molar-refractivity contribution in [1.29, 1.82) is 0 Å². The van der Waals surface area contributed by atoms with Crippen LogP contribution in [-0.2, 0) is 20.8 Å². The first-order valence-electron chi connectivity index (χ1n) is 5.24. The molecule has 1 heterocycles. The fourth-order valence-electron chi connectivity index (χ4n) is 1.13. The van der Waals surface area contributed by atoms with E-state index in [1.54, 1.807) is 12.3 Å². The van der Waals surface area contributed by atoms with Crippen LogP contribution in [0.3, 0.4) is 0 Å². The number of rotatable bonds is 7. The van der Waals surface area contributed by atoms with E-state index < -0.39 is 0 Å². The van der Waals surface area contributed by atoms with E-state index in [1.807, 2.05) is 6.92 Å². The highest BCUT2D eigenvalue weighted by Crippen LogP contribution is 1.96. The Morgan fingerprint density at radius 3 is 3.00 bits per heavy atom. The number of esters is 1. The number of nitrogen functional groups attached to an aromatic ring is 1. The lowest BCUT2D eigenvalue weighted by molar-refractivity contribution is -0.144. The molecule has 0 bridgehead atoms. The quantitative estimate of drug-likeness (QED) is 0.540. The van der Waals surface area contributed by atoms with Crippen LogP contribution in [0.5, 0.6) is 0 Å². The Balaban J connectivity index is 2.11. The minimum atomic E-state index is -0.320. The van der Waals surface area contributed by atoms with Gasteiger partial charge < -0.3 is 15.2 Å². The van der Waals surface area contributed by atoms with Crippen molar-refractivity contribution in [2.24, 2.45) is 0 Å². The Hall–Kier alpha value is -1.56. The molecule has 0 saturated carbocycles. The van der Waals surface area contributed by atoms with Crippen molar-refractivity contribution in [2.75, 3.05) is 25.6 Å². The van der Waals surface area contributed by atoms with E-state index in [4.69, 9.17) is 15.2 Å². The second kappa shape index (κ2) is 6.84. The van der Waals surface area contributed by atoms with Crippen LogP contribution in [-0.4, -0.2) is 35.6 Å². The molecular formula is C10H17N3O3. The summed E-state index contributed by atoms with van der Waals surface area (Å²) in [7, 11) is 0. The average molecular weight is 227 g/mol. The fraction of sp³-hybridized carbons (Fsp3) is 0.600. The summed E-state index contributed by atoms with van der Waals surface area (Å²) in [5, 5.41) is 3.88. The number of hydrogen-bond donors (Lipinski definition) is 1. The summed E-state index contributed by atoms with van der Waals surface area (Å²) < 4.78 is 11.5. The van der Waals surface area contributed by atoms with Crippen molar-refractivity contribution < 1.29 is 14.3 Å². The molecule has 90 valence electrons. The van der Waals surface area contributed by atoms with E-state index in [2.05, 4.69) is 5.10 Å². The van der Waals surface area contributed by atoms with E-state index in [9.17, 15) is 4.79 Å². The third-order valence-electron chi connectivity index (χ3n) is 1.85. The molecule has 0 fully saturated rings. The van der Waals surface area contributed by atoms with Crippen molar-refractivity contribution in [3.05, 3.63) is 12.3 Å². The number of aromatic nitrogens is 2. The van der Waals surface area contributed by atoms with Gasteiger partial charge >= 0.3 is 5.97 Å². The van der Waals surface area contributed by atoms with Crippen LogP contribution in [0, 0.1) is 0 Å². The molecule has 0 aromatic carbocycles. The zero-order valence-corrected chi connectivity index (χ0v) is 9.39. The number of nitrogens with zero attached hydrogens (tertiary/aromatic N) is 2. The van der Waals surface area contributed by atoms with E-state index in [-0.39, 0.29) is 12.5 Å². The van der Waals surface area contributed by atoms with E-state index in [0.29, 0.717) is 32.1 Å². The summed E-state index contributed by atoms with van der Waals surface area (Å²) in [4.78, 5) is 11.3. The largest absolute Gasteiger partial charge is 0.464 e. The normalized spacial score (nSPS) is 10.3. The van der Waals surface area contributed by atoms with Crippen molar-refractivity contribution in [2.45, 2.75) is 19.9 Å². The maximum atomic E-state index is 11.3. The summed E-state index contributed by atoms with van der Waals surface area (Å²) in [5.41, 5.74) is 5.41. The van der Waals surface area contributed by atoms with Gasteiger partial charge in [0.25, 0.3) is 0 Å². The highest BCUT2D eigenvalue weighted by Gasteiger charge is 2.04. The molecule has 16 heavy (non-hydrogen) atoms. The topological polar surface area (TPSA) is 79.4 Å². The molecule has 6 nitrogen and oxygen atoms in total. The fourth-order valence-corrected chi connectivity index (χ4v) is 1.13. The van der Waals surface area contributed by atoms with Crippen molar-refractivity contribution in [1.82, 2.24) is 9.78 Å². The van der Waals surface area contributed by atoms with Gasteiger partial charge in [0.05, 0.1) is 6.61 Å². The molecule has 1 aromatic heterocycles. The zero-order valence-electron chi connectivity index (χ0n) is 9.39. The number of hydrogen-bond acceptors (Lipinski definition) is 5. The molecule has 0 spiro atoms.